The number of amides is 1. The summed E-state index contributed by atoms with van der Waals surface area (Å²) in [5, 5.41) is 5.91. The molecule has 3 N–H and O–H groups in total. The van der Waals surface area contributed by atoms with Gasteiger partial charge in [-0.1, -0.05) is 6.92 Å². The minimum absolute atomic E-state index is 0.0301. The number of aromatic amines is 1. The molecule has 0 fully saturated rings. The lowest BCUT2D eigenvalue weighted by Gasteiger charge is -2.07. The van der Waals surface area contributed by atoms with Gasteiger partial charge in [0.05, 0.1) is 5.69 Å². The maximum atomic E-state index is 11.6. The van der Waals surface area contributed by atoms with Crippen molar-refractivity contribution in [1.82, 2.24) is 14.9 Å². The van der Waals surface area contributed by atoms with Crippen LogP contribution in [0.25, 0.3) is 5.69 Å². The quantitative estimate of drug-likeness (QED) is 0.690. The highest BCUT2D eigenvalue weighted by molar-refractivity contribution is 5.90. The minimum atomic E-state index is -0.188. The average Bonchev–Trinajstić information content (AvgIpc) is 2.86. The van der Waals surface area contributed by atoms with Gasteiger partial charge in [0.15, 0.2) is 0 Å². The molecule has 0 atom stereocenters. The van der Waals surface area contributed by atoms with Crippen LogP contribution < -0.4 is 16.3 Å². The molecule has 0 aliphatic rings. The number of hydrogen-bond donors (Lipinski definition) is 3. The monoisotopic (exact) mass is 274 g/mol. The number of benzene rings is 1. The van der Waals surface area contributed by atoms with E-state index in [1.165, 1.54) is 4.57 Å². The zero-order valence-corrected chi connectivity index (χ0v) is 11.3. The van der Waals surface area contributed by atoms with Gasteiger partial charge in [0, 0.05) is 31.0 Å². The van der Waals surface area contributed by atoms with Crippen LogP contribution in [0.2, 0.25) is 0 Å². The Morgan fingerprint density at radius 2 is 2.05 bits per heavy atom. The third-order valence-corrected chi connectivity index (χ3v) is 2.86. The Morgan fingerprint density at radius 1 is 1.30 bits per heavy atom. The van der Waals surface area contributed by atoms with Crippen molar-refractivity contribution in [3.8, 4) is 5.69 Å². The van der Waals surface area contributed by atoms with E-state index in [-0.39, 0.29) is 11.6 Å². The van der Waals surface area contributed by atoms with Gasteiger partial charge < -0.3 is 15.6 Å². The van der Waals surface area contributed by atoms with Crippen molar-refractivity contribution in [1.29, 1.82) is 0 Å². The van der Waals surface area contributed by atoms with Crippen molar-refractivity contribution in [2.75, 3.05) is 18.4 Å². The van der Waals surface area contributed by atoms with Crippen LogP contribution in [0.15, 0.2) is 41.5 Å². The Balaban J connectivity index is 1.97. The molecule has 0 saturated heterocycles. The summed E-state index contributed by atoms with van der Waals surface area (Å²) < 4.78 is 1.50. The molecule has 0 spiro atoms. The van der Waals surface area contributed by atoms with Gasteiger partial charge >= 0.3 is 5.69 Å². The van der Waals surface area contributed by atoms with Crippen molar-refractivity contribution in [3.63, 3.8) is 0 Å². The van der Waals surface area contributed by atoms with E-state index in [1.807, 2.05) is 6.92 Å². The first-order valence-corrected chi connectivity index (χ1v) is 6.57. The number of nitrogens with zero attached hydrogens (tertiary/aromatic N) is 1. The van der Waals surface area contributed by atoms with Crippen molar-refractivity contribution >= 4 is 11.6 Å². The second kappa shape index (κ2) is 6.72. The summed E-state index contributed by atoms with van der Waals surface area (Å²) in [7, 11) is 0. The van der Waals surface area contributed by atoms with E-state index in [1.54, 1.807) is 36.7 Å². The lowest BCUT2D eigenvalue weighted by molar-refractivity contribution is -0.116. The average molecular weight is 274 g/mol. The summed E-state index contributed by atoms with van der Waals surface area (Å²) in [6.07, 6.45) is 3.68. The zero-order chi connectivity index (χ0) is 14.4. The Hall–Kier alpha value is -2.34. The molecule has 0 unspecified atom stereocenters. The molecule has 20 heavy (non-hydrogen) atoms. The molecule has 2 aromatic rings. The summed E-state index contributed by atoms with van der Waals surface area (Å²) in [6.45, 7) is 3.52. The SMILES string of the molecule is CCNCCC(=O)Nc1ccc(-n2cc[nH]c2=O)cc1. The Kier molecular flexibility index (Phi) is 4.73. The molecule has 1 heterocycles. The van der Waals surface area contributed by atoms with Crippen LogP contribution in [0.3, 0.4) is 0 Å². The molecule has 1 aromatic heterocycles. The number of carbonyl (C=O) groups excluding carboxylic acids is 1. The van der Waals surface area contributed by atoms with E-state index < -0.39 is 0 Å². The van der Waals surface area contributed by atoms with Gasteiger partial charge in [0.2, 0.25) is 5.91 Å². The molecule has 0 aliphatic heterocycles. The molecule has 2 rings (SSSR count). The summed E-state index contributed by atoms with van der Waals surface area (Å²) in [4.78, 5) is 25.7. The normalized spacial score (nSPS) is 10.4. The molecule has 106 valence electrons. The lowest BCUT2D eigenvalue weighted by atomic mass is 10.2. The Labute approximate surface area is 116 Å². The van der Waals surface area contributed by atoms with Crippen molar-refractivity contribution in [2.45, 2.75) is 13.3 Å². The molecule has 0 bridgehead atoms. The summed E-state index contributed by atoms with van der Waals surface area (Å²) in [5.74, 6) is -0.0301. The highest BCUT2D eigenvalue weighted by Crippen LogP contribution is 2.12. The van der Waals surface area contributed by atoms with Crippen LogP contribution >= 0.6 is 0 Å². The fraction of sp³-hybridized carbons (Fsp3) is 0.286. The molecular weight excluding hydrogens is 256 g/mol. The third-order valence-electron chi connectivity index (χ3n) is 2.86. The Bertz CT molecular complexity index is 613. The van der Waals surface area contributed by atoms with Crippen LogP contribution in [-0.2, 0) is 4.79 Å². The number of carbonyl (C=O) groups is 1. The molecule has 0 saturated carbocycles. The fourth-order valence-corrected chi connectivity index (χ4v) is 1.83. The second-order valence-electron chi connectivity index (χ2n) is 4.33. The van der Waals surface area contributed by atoms with E-state index in [9.17, 15) is 9.59 Å². The minimum Gasteiger partial charge on any atom is -0.326 e. The van der Waals surface area contributed by atoms with Crippen LogP contribution in [0.1, 0.15) is 13.3 Å². The van der Waals surface area contributed by atoms with Crippen LogP contribution in [0.4, 0.5) is 5.69 Å². The van der Waals surface area contributed by atoms with Gasteiger partial charge in [-0.05, 0) is 30.8 Å². The summed E-state index contributed by atoms with van der Waals surface area (Å²) >= 11 is 0. The second-order valence-corrected chi connectivity index (χ2v) is 4.33. The van der Waals surface area contributed by atoms with E-state index in [0.717, 1.165) is 17.9 Å². The van der Waals surface area contributed by atoms with Gasteiger partial charge in [-0.25, -0.2) is 4.79 Å². The molecule has 1 aromatic carbocycles. The number of aromatic nitrogens is 2. The summed E-state index contributed by atoms with van der Waals surface area (Å²) in [6, 6.07) is 7.13. The number of rotatable bonds is 6. The first kappa shape index (κ1) is 14.1. The maximum Gasteiger partial charge on any atom is 0.330 e. The number of H-pyrrole nitrogens is 1. The summed E-state index contributed by atoms with van der Waals surface area (Å²) in [5.41, 5.74) is 1.29. The molecular formula is C14H18N4O2. The fourth-order valence-electron chi connectivity index (χ4n) is 1.83. The van der Waals surface area contributed by atoms with E-state index in [0.29, 0.717) is 13.0 Å². The lowest BCUT2D eigenvalue weighted by Crippen LogP contribution is -2.21. The molecule has 1 amide bonds. The molecule has 0 radical (unpaired) electrons. The number of anilines is 1. The third kappa shape index (κ3) is 3.58. The van der Waals surface area contributed by atoms with Crippen molar-refractivity contribution < 1.29 is 4.79 Å². The first-order valence-electron chi connectivity index (χ1n) is 6.57. The zero-order valence-electron chi connectivity index (χ0n) is 11.3. The maximum absolute atomic E-state index is 11.6. The molecule has 6 heteroatoms. The van der Waals surface area contributed by atoms with E-state index >= 15 is 0 Å². The van der Waals surface area contributed by atoms with Gasteiger partial charge in [-0.15, -0.1) is 0 Å². The first-order chi connectivity index (χ1) is 9.70. The van der Waals surface area contributed by atoms with Gasteiger partial charge in [0.25, 0.3) is 0 Å². The van der Waals surface area contributed by atoms with Crippen molar-refractivity contribution in [3.05, 3.63) is 47.1 Å². The van der Waals surface area contributed by atoms with Crippen LogP contribution in [-0.4, -0.2) is 28.5 Å². The molecule has 0 aliphatic carbocycles. The van der Waals surface area contributed by atoms with Crippen LogP contribution in [0.5, 0.6) is 0 Å². The van der Waals surface area contributed by atoms with Crippen molar-refractivity contribution in [2.24, 2.45) is 0 Å². The predicted molar refractivity (Wildman–Crippen MR) is 78.2 cm³/mol. The number of nitrogens with one attached hydrogen (secondary N) is 3. The molecule has 6 nitrogen and oxygen atoms in total. The number of hydrogen-bond acceptors (Lipinski definition) is 3. The van der Waals surface area contributed by atoms with Gasteiger partial charge in [0.1, 0.15) is 0 Å². The van der Waals surface area contributed by atoms with E-state index in [4.69, 9.17) is 0 Å². The van der Waals surface area contributed by atoms with Gasteiger partial charge in [-0.2, -0.15) is 0 Å². The highest BCUT2D eigenvalue weighted by atomic mass is 16.2. The largest absolute Gasteiger partial charge is 0.330 e. The predicted octanol–water partition coefficient (Wildman–Crippen LogP) is 1.10. The van der Waals surface area contributed by atoms with E-state index in [2.05, 4.69) is 15.6 Å². The highest BCUT2D eigenvalue weighted by Gasteiger charge is 2.03. The number of imidazole rings is 1. The smallest absolute Gasteiger partial charge is 0.326 e. The van der Waals surface area contributed by atoms with Crippen LogP contribution in [0, 0.1) is 0 Å². The Morgan fingerprint density at radius 3 is 2.65 bits per heavy atom. The standard InChI is InChI=1S/C14H18N4O2/c1-2-15-8-7-13(19)17-11-3-5-12(6-4-11)18-10-9-16-14(18)20/h3-6,9-10,15H,2,7-8H2,1H3,(H,16,20)(H,17,19). The van der Waals surface area contributed by atoms with Gasteiger partial charge in [-0.3, -0.25) is 9.36 Å². The topological polar surface area (TPSA) is 78.9 Å².